The molecule has 0 N–H and O–H groups in total. The largest absolute Gasteiger partial charge is 0.494 e. The summed E-state index contributed by atoms with van der Waals surface area (Å²) in [7, 11) is 1.89. The molecular weight excluding hydrogens is 264 g/mol. The zero-order chi connectivity index (χ0) is 15.1. The SMILES string of the molecule is CCCCOc1ccc(C(=O)CCc2ccnn2C)cc1. The summed E-state index contributed by atoms with van der Waals surface area (Å²) in [6, 6.07) is 9.36. The predicted molar refractivity (Wildman–Crippen MR) is 82.7 cm³/mol. The van der Waals surface area contributed by atoms with Crippen molar-refractivity contribution in [1.82, 2.24) is 9.78 Å². The molecule has 0 bridgehead atoms. The first kappa shape index (κ1) is 15.3. The molecule has 0 saturated carbocycles. The van der Waals surface area contributed by atoms with Crippen molar-refractivity contribution in [1.29, 1.82) is 0 Å². The number of unbranched alkanes of at least 4 members (excludes halogenated alkanes) is 1. The molecule has 0 radical (unpaired) electrons. The van der Waals surface area contributed by atoms with Crippen molar-refractivity contribution in [2.24, 2.45) is 7.05 Å². The van der Waals surface area contributed by atoms with Crippen molar-refractivity contribution in [2.75, 3.05) is 6.61 Å². The quantitative estimate of drug-likeness (QED) is 0.552. The Morgan fingerprint density at radius 1 is 1.24 bits per heavy atom. The highest BCUT2D eigenvalue weighted by atomic mass is 16.5. The van der Waals surface area contributed by atoms with Crippen LogP contribution in [0.5, 0.6) is 5.75 Å². The molecule has 2 aromatic rings. The Balaban J connectivity index is 1.86. The van der Waals surface area contributed by atoms with Crippen molar-refractivity contribution in [3.63, 3.8) is 0 Å². The third-order valence-electron chi connectivity index (χ3n) is 3.47. The third-order valence-corrected chi connectivity index (χ3v) is 3.47. The van der Waals surface area contributed by atoms with Gasteiger partial charge in [-0.15, -0.1) is 0 Å². The number of nitrogens with zero attached hydrogens (tertiary/aromatic N) is 2. The Hall–Kier alpha value is -2.10. The molecule has 0 saturated heterocycles. The number of rotatable bonds is 8. The standard InChI is InChI=1S/C17H22N2O2/c1-3-4-13-21-16-8-5-14(6-9-16)17(20)10-7-15-11-12-18-19(15)2/h5-6,8-9,11-12H,3-4,7,10,13H2,1-2H3. The van der Waals surface area contributed by atoms with Crippen LogP contribution >= 0.6 is 0 Å². The van der Waals surface area contributed by atoms with E-state index in [4.69, 9.17) is 4.74 Å². The number of aromatic nitrogens is 2. The molecule has 0 fully saturated rings. The summed E-state index contributed by atoms with van der Waals surface area (Å²) in [5.74, 6) is 0.975. The Morgan fingerprint density at radius 2 is 2.00 bits per heavy atom. The topological polar surface area (TPSA) is 44.1 Å². The number of aryl methyl sites for hydroxylation is 2. The molecule has 0 spiro atoms. The second-order valence-electron chi connectivity index (χ2n) is 5.10. The maximum Gasteiger partial charge on any atom is 0.163 e. The first-order valence-electron chi connectivity index (χ1n) is 7.43. The van der Waals surface area contributed by atoms with Crippen LogP contribution in [0.15, 0.2) is 36.5 Å². The lowest BCUT2D eigenvalue weighted by Crippen LogP contribution is -2.05. The zero-order valence-electron chi connectivity index (χ0n) is 12.7. The molecule has 0 aliphatic rings. The van der Waals surface area contributed by atoms with E-state index in [1.165, 1.54) is 0 Å². The molecular formula is C17H22N2O2. The van der Waals surface area contributed by atoms with Crippen molar-refractivity contribution in [3.05, 3.63) is 47.8 Å². The van der Waals surface area contributed by atoms with E-state index in [1.54, 1.807) is 10.9 Å². The fraction of sp³-hybridized carbons (Fsp3) is 0.412. The monoisotopic (exact) mass is 286 g/mol. The van der Waals surface area contributed by atoms with E-state index in [9.17, 15) is 4.79 Å². The number of benzene rings is 1. The summed E-state index contributed by atoms with van der Waals surface area (Å²) in [6.45, 7) is 2.86. The van der Waals surface area contributed by atoms with Gasteiger partial charge in [0, 0.05) is 30.9 Å². The van der Waals surface area contributed by atoms with Gasteiger partial charge >= 0.3 is 0 Å². The van der Waals surface area contributed by atoms with Crippen LogP contribution in [-0.2, 0) is 13.5 Å². The van der Waals surface area contributed by atoms with Gasteiger partial charge in [-0.25, -0.2) is 0 Å². The van der Waals surface area contributed by atoms with Gasteiger partial charge in [-0.2, -0.15) is 5.10 Å². The summed E-state index contributed by atoms with van der Waals surface area (Å²) in [6.07, 6.45) is 5.12. The van der Waals surface area contributed by atoms with E-state index in [1.807, 2.05) is 37.4 Å². The second-order valence-corrected chi connectivity index (χ2v) is 5.10. The van der Waals surface area contributed by atoms with Crippen LogP contribution < -0.4 is 4.74 Å². The van der Waals surface area contributed by atoms with Gasteiger partial charge < -0.3 is 4.74 Å². The number of ether oxygens (including phenoxy) is 1. The minimum absolute atomic E-state index is 0.149. The second kappa shape index (κ2) is 7.62. The lowest BCUT2D eigenvalue weighted by molar-refractivity contribution is 0.0982. The number of hydrogen-bond acceptors (Lipinski definition) is 3. The zero-order valence-corrected chi connectivity index (χ0v) is 12.7. The fourth-order valence-corrected chi connectivity index (χ4v) is 2.10. The average Bonchev–Trinajstić information content (AvgIpc) is 2.91. The van der Waals surface area contributed by atoms with Crippen LogP contribution in [0.25, 0.3) is 0 Å². The van der Waals surface area contributed by atoms with Gasteiger partial charge in [-0.1, -0.05) is 13.3 Å². The van der Waals surface area contributed by atoms with Gasteiger partial charge in [0.25, 0.3) is 0 Å². The summed E-state index contributed by atoms with van der Waals surface area (Å²) >= 11 is 0. The van der Waals surface area contributed by atoms with Gasteiger partial charge in [-0.05, 0) is 43.2 Å². The van der Waals surface area contributed by atoms with Gasteiger partial charge in [0.15, 0.2) is 5.78 Å². The molecule has 1 heterocycles. The first-order chi connectivity index (χ1) is 10.2. The smallest absolute Gasteiger partial charge is 0.163 e. The Labute approximate surface area is 125 Å². The lowest BCUT2D eigenvalue weighted by atomic mass is 10.1. The number of carbonyl (C=O) groups excluding carboxylic acids is 1. The van der Waals surface area contributed by atoms with Gasteiger partial charge in [0.05, 0.1) is 6.61 Å². The first-order valence-corrected chi connectivity index (χ1v) is 7.43. The van der Waals surface area contributed by atoms with E-state index in [0.717, 1.165) is 36.5 Å². The highest BCUT2D eigenvalue weighted by Crippen LogP contribution is 2.15. The van der Waals surface area contributed by atoms with Crippen molar-refractivity contribution >= 4 is 5.78 Å². The molecule has 0 atom stereocenters. The molecule has 0 unspecified atom stereocenters. The average molecular weight is 286 g/mol. The minimum atomic E-state index is 0.149. The van der Waals surface area contributed by atoms with Crippen molar-refractivity contribution in [3.8, 4) is 5.75 Å². The number of Topliss-reactive ketones (excluding diaryl/α,β-unsaturated/α-hetero) is 1. The van der Waals surface area contributed by atoms with Crippen LogP contribution in [0.1, 0.15) is 42.2 Å². The van der Waals surface area contributed by atoms with Crippen LogP contribution in [0.4, 0.5) is 0 Å². The number of carbonyl (C=O) groups is 1. The molecule has 4 heteroatoms. The molecule has 21 heavy (non-hydrogen) atoms. The normalized spacial score (nSPS) is 10.6. The van der Waals surface area contributed by atoms with Crippen LogP contribution in [0, 0.1) is 0 Å². The van der Waals surface area contributed by atoms with Gasteiger partial charge in [-0.3, -0.25) is 9.48 Å². The van der Waals surface area contributed by atoms with Gasteiger partial charge in [0.2, 0.25) is 0 Å². The summed E-state index contributed by atoms with van der Waals surface area (Å²) in [5, 5.41) is 4.10. The molecule has 0 aliphatic carbocycles. The van der Waals surface area contributed by atoms with Crippen molar-refractivity contribution in [2.45, 2.75) is 32.6 Å². The Kier molecular flexibility index (Phi) is 5.55. The summed E-state index contributed by atoms with van der Waals surface area (Å²) < 4.78 is 7.40. The van der Waals surface area contributed by atoms with E-state index in [-0.39, 0.29) is 5.78 Å². The maximum absolute atomic E-state index is 12.2. The van der Waals surface area contributed by atoms with E-state index < -0.39 is 0 Å². The fourth-order valence-electron chi connectivity index (χ4n) is 2.10. The van der Waals surface area contributed by atoms with Gasteiger partial charge in [0.1, 0.15) is 5.75 Å². The number of hydrogen-bond donors (Lipinski definition) is 0. The molecule has 1 aromatic carbocycles. The molecule has 1 aromatic heterocycles. The van der Waals surface area contributed by atoms with Crippen LogP contribution in [0.3, 0.4) is 0 Å². The molecule has 2 rings (SSSR count). The van der Waals surface area contributed by atoms with Crippen LogP contribution in [0.2, 0.25) is 0 Å². The maximum atomic E-state index is 12.2. The molecule has 112 valence electrons. The van der Waals surface area contributed by atoms with E-state index in [2.05, 4.69) is 12.0 Å². The highest BCUT2D eigenvalue weighted by molar-refractivity contribution is 5.96. The molecule has 0 amide bonds. The Bertz CT molecular complexity index is 573. The summed E-state index contributed by atoms with van der Waals surface area (Å²) in [5.41, 5.74) is 1.81. The predicted octanol–water partition coefficient (Wildman–Crippen LogP) is 3.41. The molecule has 0 aliphatic heterocycles. The Morgan fingerprint density at radius 3 is 2.62 bits per heavy atom. The summed E-state index contributed by atoms with van der Waals surface area (Å²) in [4.78, 5) is 12.2. The van der Waals surface area contributed by atoms with Crippen molar-refractivity contribution < 1.29 is 9.53 Å². The molecule has 4 nitrogen and oxygen atoms in total. The highest BCUT2D eigenvalue weighted by Gasteiger charge is 2.08. The number of ketones is 1. The lowest BCUT2D eigenvalue weighted by Gasteiger charge is -2.06. The van der Waals surface area contributed by atoms with E-state index >= 15 is 0 Å². The minimum Gasteiger partial charge on any atom is -0.494 e. The van der Waals surface area contributed by atoms with Crippen LogP contribution in [-0.4, -0.2) is 22.2 Å². The third kappa shape index (κ3) is 4.45. The van der Waals surface area contributed by atoms with E-state index in [0.29, 0.717) is 12.8 Å².